The zero-order valence-electron chi connectivity index (χ0n) is 15.5. The second-order valence-electron chi connectivity index (χ2n) is 5.92. The van der Waals surface area contributed by atoms with Crippen LogP contribution in [0.4, 0.5) is 4.79 Å². The molecule has 0 bridgehead atoms. The molecule has 0 aliphatic carbocycles. The van der Waals surface area contributed by atoms with Crippen LogP contribution in [0.15, 0.2) is 60.7 Å². The van der Waals surface area contributed by atoms with Crippen LogP contribution in [-0.4, -0.2) is 58.8 Å². The molecule has 154 valence electrons. The third kappa shape index (κ3) is 9.05. The fourth-order valence-corrected chi connectivity index (χ4v) is 8.30. The zero-order valence-corrected chi connectivity index (χ0v) is 21.8. The van der Waals surface area contributed by atoms with Gasteiger partial charge in [-0.3, -0.25) is 0 Å². The van der Waals surface area contributed by atoms with Crippen LogP contribution in [0.25, 0.3) is 0 Å². The van der Waals surface area contributed by atoms with Crippen molar-refractivity contribution in [1.29, 1.82) is 0 Å². The first kappa shape index (κ1) is 24.8. The number of hydrogen-bond donors (Lipinski definition) is 0. The van der Waals surface area contributed by atoms with E-state index in [1.54, 1.807) is 0 Å². The molecule has 5 nitrogen and oxygen atoms in total. The van der Waals surface area contributed by atoms with Gasteiger partial charge in [0.2, 0.25) is 0 Å². The first-order valence-corrected chi connectivity index (χ1v) is 15.1. The Morgan fingerprint density at radius 2 is 1.66 bits per heavy atom. The van der Waals surface area contributed by atoms with Crippen LogP contribution >= 0.6 is 26.4 Å². The van der Waals surface area contributed by atoms with Gasteiger partial charge in [0.25, 0.3) is 0 Å². The van der Waals surface area contributed by atoms with Gasteiger partial charge in [0.1, 0.15) is 0 Å². The van der Waals surface area contributed by atoms with E-state index in [-0.39, 0.29) is 49.5 Å². The van der Waals surface area contributed by atoms with Gasteiger partial charge < -0.3 is 0 Å². The van der Waals surface area contributed by atoms with Crippen LogP contribution in [-0.2, 0) is 23.7 Å². The molecule has 29 heavy (non-hydrogen) atoms. The molecule has 4 atom stereocenters. The van der Waals surface area contributed by atoms with Crippen molar-refractivity contribution in [3.8, 4) is 0 Å². The molecule has 0 aliphatic rings. The van der Waals surface area contributed by atoms with Gasteiger partial charge in [0.05, 0.1) is 0 Å². The normalized spacial score (nSPS) is 14.4. The van der Waals surface area contributed by atoms with Gasteiger partial charge in [-0.15, -0.1) is 0 Å². The molecule has 0 aromatic heterocycles. The van der Waals surface area contributed by atoms with Gasteiger partial charge in [-0.2, -0.15) is 0 Å². The van der Waals surface area contributed by atoms with Crippen LogP contribution in [0.2, 0.25) is 5.32 Å². The summed E-state index contributed by atoms with van der Waals surface area (Å²) in [5, 5.41) is 1.66. The van der Waals surface area contributed by atoms with Crippen molar-refractivity contribution in [1.82, 2.24) is 0 Å². The van der Waals surface area contributed by atoms with E-state index < -0.39 is 26.3 Å². The Bertz CT molecular complexity index is 767. The molecular weight excluding hydrogens is 559 g/mol. The van der Waals surface area contributed by atoms with Crippen LogP contribution in [0.5, 0.6) is 0 Å². The van der Waals surface area contributed by atoms with Crippen molar-refractivity contribution in [3.05, 3.63) is 66.2 Å². The van der Waals surface area contributed by atoms with Crippen molar-refractivity contribution >= 4 is 65.6 Å². The summed E-state index contributed by atoms with van der Waals surface area (Å²) in [7, 11) is 1.85. The first-order valence-electron chi connectivity index (χ1n) is 8.69. The van der Waals surface area contributed by atoms with Crippen LogP contribution in [0.1, 0.15) is 5.56 Å². The quantitative estimate of drug-likeness (QED) is 0.265. The van der Waals surface area contributed by atoms with E-state index in [0.29, 0.717) is 0 Å². The monoisotopic (exact) mass is 582 g/mol. The molecule has 0 fully saturated rings. The van der Waals surface area contributed by atoms with Gasteiger partial charge >= 0.3 is 190 Å². The second kappa shape index (κ2) is 14.5. The number of carbonyl (C=O) groups excluding carboxylic acids is 1. The Labute approximate surface area is 189 Å². The topological polar surface area (TPSA) is 69.7 Å². The number of carbonyl (C=O) groups is 1. The van der Waals surface area contributed by atoms with Crippen molar-refractivity contribution in [3.63, 3.8) is 0 Å². The molecular formula is C19H21O5P3Se2. The fourth-order valence-electron chi connectivity index (χ4n) is 2.43. The Morgan fingerprint density at radius 1 is 1.00 bits per heavy atom. The third-order valence-corrected chi connectivity index (χ3v) is 10.2. The average Bonchev–Trinajstić information content (AvgIpc) is 2.76. The van der Waals surface area contributed by atoms with Gasteiger partial charge in [0.15, 0.2) is 0 Å². The molecule has 0 heterocycles. The number of rotatable bonds is 13. The summed E-state index contributed by atoms with van der Waals surface area (Å²) >= 11 is -0.228. The minimum atomic E-state index is -0.581. The Hall–Kier alpha value is -0.461. The SMILES string of the molecule is O=P[C@H](C(C[Se]Cc1ccccc1)OP)[C@@H](COC(=O)[Se]c1ccccc1)P=O. The molecule has 0 radical (unpaired) electrons. The molecule has 0 saturated carbocycles. The maximum atomic E-state index is 12.1. The summed E-state index contributed by atoms with van der Waals surface area (Å²) in [4.78, 5) is 11.8. The number of ether oxygens (including phenoxy) is 1. The van der Waals surface area contributed by atoms with Crippen LogP contribution in [0.3, 0.4) is 0 Å². The van der Waals surface area contributed by atoms with Crippen LogP contribution < -0.4 is 4.46 Å². The van der Waals surface area contributed by atoms with Gasteiger partial charge in [0, 0.05) is 0 Å². The first-order chi connectivity index (χ1) is 14.2. The van der Waals surface area contributed by atoms with E-state index in [9.17, 15) is 13.9 Å². The van der Waals surface area contributed by atoms with Crippen molar-refractivity contribution in [2.75, 3.05) is 6.61 Å². The van der Waals surface area contributed by atoms with Gasteiger partial charge in [-0.1, -0.05) is 0 Å². The summed E-state index contributed by atoms with van der Waals surface area (Å²) < 4.78 is 35.2. The number of benzene rings is 2. The summed E-state index contributed by atoms with van der Waals surface area (Å²) in [6.07, 6.45) is -0.340. The molecule has 10 heteroatoms. The minimum absolute atomic E-state index is 0.0470. The van der Waals surface area contributed by atoms with E-state index in [1.807, 2.05) is 48.5 Å². The second-order valence-corrected chi connectivity index (χ2v) is 12.2. The van der Waals surface area contributed by atoms with E-state index in [2.05, 4.69) is 21.6 Å². The van der Waals surface area contributed by atoms with E-state index in [1.165, 1.54) is 5.56 Å². The van der Waals surface area contributed by atoms with Crippen molar-refractivity contribution in [2.24, 2.45) is 0 Å². The Morgan fingerprint density at radius 3 is 2.24 bits per heavy atom. The number of hydrogen-bond acceptors (Lipinski definition) is 5. The molecule has 0 spiro atoms. The predicted molar refractivity (Wildman–Crippen MR) is 121 cm³/mol. The summed E-state index contributed by atoms with van der Waals surface area (Å²) in [6.45, 7) is -0.0470. The predicted octanol–water partition coefficient (Wildman–Crippen LogP) is 3.97. The molecule has 0 N–H and O–H groups in total. The standard InChI is InChI=1S/C19H21O5P3Se2/c20-19(29-15-9-5-2-6-10-15)23-11-17(26-21)18(27-22)16(24-25)13-28-12-14-7-3-1-4-8-14/h1-10,16-18H,11-13,25H2/t16?,17-,18-/m1/s1. The summed E-state index contributed by atoms with van der Waals surface area (Å²) in [6, 6.07) is 19.5. The Kier molecular flexibility index (Phi) is 12.4. The van der Waals surface area contributed by atoms with E-state index >= 15 is 0 Å². The molecule has 0 saturated heterocycles. The summed E-state index contributed by atoms with van der Waals surface area (Å²) in [5.41, 5.74) is 0.158. The van der Waals surface area contributed by atoms with Gasteiger partial charge in [-0.05, 0) is 0 Å². The Balaban J connectivity index is 1.86. The molecule has 0 aliphatic heterocycles. The molecule has 0 amide bonds. The maximum absolute atomic E-state index is 12.1. The molecule has 2 aromatic rings. The average molecular weight is 580 g/mol. The summed E-state index contributed by atoms with van der Waals surface area (Å²) in [5.74, 6) is 0. The molecule has 2 rings (SSSR count). The zero-order chi connectivity index (χ0) is 20.9. The fraction of sp³-hybridized carbons (Fsp3) is 0.316. The van der Waals surface area contributed by atoms with E-state index in [4.69, 9.17) is 9.26 Å². The van der Waals surface area contributed by atoms with E-state index in [0.717, 1.165) is 15.1 Å². The van der Waals surface area contributed by atoms with Crippen molar-refractivity contribution in [2.45, 2.75) is 28.1 Å². The van der Waals surface area contributed by atoms with Gasteiger partial charge in [-0.25, -0.2) is 0 Å². The third-order valence-electron chi connectivity index (χ3n) is 3.92. The van der Waals surface area contributed by atoms with Crippen LogP contribution in [0, 0.1) is 0 Å². The molecule has 2 aromatic carbocycles. The van der Waals surface area contributed by atoms with Crippen molar-refractivity contribution < 1.29 is 23.2 Å². The molecule has 2 unspecified atom stereocenters.